The number of hydrogen-bond acceptors (Lipinski definition) is 4. The molecule has 0 amide bonds. The fourth-order valence-corrected chi connectivity index (χ4v) is 1.43. The van der Waals surface area contributed by atoms with Gasteiger partial charge in [0.05, 0.1) is 18.8 Å². The minimum atomic E-state index is -0.626. The van der Waals surface area contributed by atoms with E-state index in [1.807, 2.05) is 0 Å². The quantitative estimate of drug-likeness (QED) is 0.604. The second-order valence-electron chi connectivity index (χ2n) is 3.19. The van der Waals surface area contributed by atoms with Crippen molar-refractivity contribution in [1.29, 1.82) is 0 Å². The maximum Gasteiger partial charge on any atom is 0.132 e. The van der Waals surface area contributed by atoms with Crippen LogP contribution in [0.15, 0.2) is 0 Å². The van der Waals surface area contributed by atoms with Crippen LogP contribution in [0.4, 0.5) is 0 Å². The third-order valence-electron chi connectivity index (χ3n) is 2.00. The molecule has 0 bridgehead atoms. The minimum absolute atomic E-state index is 0.0470. The van der Waals surface area contributed by atoms with E-state index < -0.39 is 12.2 Å². The highest BCUT2D eigenvalue weighted by Crippen LogP contribution is 2.22. The van der Waals surface area contributed by atoms with E-state index in [4.69, 9.17) is 9.84 Å². The van der Waals surface area contributed by atoms with Crippen molar-refractivity contribution in [1.82, 2.24) is 0 Å². The van der Waals surface area contributed by atoms with E-state index in [0.29, 0.717) is 12.8 Å². The lowest BCUT2D eigenvalue weighted by atomic mass is 10.1. The third-order valence-corrected chi connectivity index (χ3v) is 2.00. The Morgan fingerprint density at radius 2 is 2.33 bits per heavy atom. The van der Waals surface area contributed by atoms with Gasteiger partial charge in [-0.1, -0.05) is 0 Å². The Kier molecular flexibility index (Phi) is 3.20. The first-order valence-corrected chi connectivity index (χ1v) is 4.07. The number of aliphatic hydroxyl groups excluding tert-OH is 2. The van der Waals surface area contributed by atoms with E-state index in [-0.39, 0.29) is 18.5 Å². The van der Waals surface area contributed by atoms with Crippen LogP contribution in [-0.4, -0.2) is 40.9 Å². The number of ether oxygens (including phenoxy) is 1. The molecule has 0 saturated carbocycles. The monoisotopic (exact) mass is 174 g/mol. The highest BCUT2D eigenvalue weighted by atomic mass is 16.5. The fourth-order valence-electron chi connectivity index (χ4n) is 1.43. The molecule has 1 aliphatic heterocycles. The standard InChI is InChI=1S/C8H14O4/c1-5(10)2-6-3-7(11)8(4-9)12-6/h6-9,11H,2-4H2,1H3/t6?,7-,8+/m0/s1. The Labute approximate surface area is 71.2 Å². The lowest BCUT2D eigenvalue weighted by Crippen LogP contribution is -2.24. The number of aliphatic hydroxyl groups is 2. The summed E-state index contributed by atoms with van der Waals surface area (Å²) in [6.07, 6.45) is -0.568. The topological polar surface area (TPSA) is 66.8 Å². The van der Waals surface area contributed by atoms with Crippen molar-refractivity contribution < 1.29 is 19.7 Å². The smallest absolute Gasteiger partial charge is 0.132 e. The van der Waals surface area contributed by atoms with Gasteiger partial charge < -0.3 is 14.9 Å². The molecule has 3 atom stereocenters. The van der Waals surface area contributed by atoms with Crippen LogP contribution >= 0.6 is 0 Å². The van der Waals surface area contributed by atoms with E-state index in [2.05, 4.69) is 0 Å². The molecule has 0 aromatic rings. The molecule has 70 valence electrons. The Bertz CT molecular complexity index is 168. The van der Waals surface area contributed by atoms with E-state index >= 15 is 0 Å². The lowest BCUT2D eigenvalue weighted by molar-refractivity contribution is -0.120. The van der Waals surface area contributed by atoms with Gasteiger partial charge in [-0.2, -0.15) is 0 Å². The summed E-state index contributed by atoms with van der Waals surface area (Å²) in [5, 5.41) is 18.0. The van der Waals surface area contributed by atoms with Gasteiger partial charge >= 0.3 is 0 Å². The lowest BCUT2D eigenvalue weighted by Gasteiger charge is -2.10. The van der Waals surface area contributed by atoms with Gasteiger partial charge in [0.25, 0.3) is 0 Å². The number of rotatable bonds is 3. The van der Waals surface area contributed by atoms with Crippen LogP contribution in [0.25, 0.3) is 0 Å². The van der Waals surface area contributed by atoms with Crippen molar-refractivity contribution in [3.8, 4) is 0 Å². The van der Waals surface area contributed by atoms with Crippen LogP contribution < -0.4 is 0 Å². The SMILES string of the molecule is CC(=O)CC1C[C@H](O)[C@@H](CO)O1. The van der Waals surface area contributed by atoms with Crippen LogP contribution in [0.5, 0.6) is 0 Å². The summed E-state index contributed by atoms with van der Waals surface area (Å²) in [5.74, 6) is 0.0470. The highest BCUT2D eigenvalue weighted by Gasteiger charge is 2.33. The van der Waals surface area contributed by atoms with Gasteiger partial charge in [0, 0.05) is 12.8 Å². The molecule has 4 heteroatoms. The van der Waals surface area contributed by atoms with E-state index in [1.165, 1.54) is 6.92 Å². The summed E-state index contributed by atoms with van der Waals surface area (Å²) >= 11 is 0. The van der Waals surface area contributed by atoms with Crippen molar-refractivity contribution in [2.75, 3.05) is 6.61 Å². The normalized spacial score (nSPS) is 35.4. The number of Topliss-reactive ketones (excluding diaryl/α,β-unsaturated/α-hetero) is 1. The van der Waals surface area contributed by atoms with Crippen LogP contribution in [0, 0.1) is 0 Å². The van der Waals surface area contributed by atoms with Gasteiger partial charge in [-0.15, -0.1) is 0 Å². The second-order valence-corrected chi connectivity index (χ2v) is 3.19. The zero-order chi connectivity index (χ0) is 9.14. The van der Waals surface area contributed by atoms with Crippen molar-refractivity contribution in [2.45, 2.75) is 38.1 Å². The Balaban J connectivity index is 2.37. The van der Waals surface area contributed by atoms with Crippen LogP contribution in [0.3, 0.4) is 0 Å². The van der Waals surface area contributed by atoms with Crippen LogP contribution in [0.1, 0.15) is 19.8 Å². The Morgan fingerprint density at radius 3 is 2.75 bits per heavy atom. The summed E-state index contributed by atoms with van der Waals surface area (Å²) < 4.78 is 5.21. The van der Waals surface area contributed by atoms with E-state index in [9.17, 15) is 9.90 Å². The average Bonchev–Trinajstić information content (AvgIpc) is 2.29. The molecule has 1 fully saturated rings. The zero-order valence-corrected chi connectivity index (χ0v) is 7.06. The van der Waals surface area contributed by atoms with Gasteiger partial charge in [0.2, 0.25) is 0 Å². The summed E-state index contributed by atoms with van der Waals surface area (Å²) in [6.45, 7) is 1.30. The summed E-state index contributed by atoms with van der Waals surface area (Å²) in [4.78, 5) is 10.7. The molecule has 1 rings (SSSR count). The van der Waals surface area contributed by atoms with Crippen molar-refractivity contribution >= 4 is 5.78 Å². The van der Waals surface area contributed by atoms with Crippen molar-refractivity contribution in [2.24, 2.45) is 0 Å². The van der Waals surface area contributed by atoms with Gasteiger partial charge in [-0.25, -0.2) is 0 Å². The predicted molar refractivity (Wildman–Crippen MR) is 41.7 cm³/mol. The molecule has 1 heterocycles. The number of carbonyl (C=O) groups excluding carboxylic acids is 1. The number of hydrogen-bond donors (Lipinski definition) is 2. The second kappa shape index (κ2) is 3.98. The largest absolute Gasteiger partial charge is 0.394 e. The van der Waals surface area contributed by atoms with Gasteiger partial charge in [-0.3, -0.25) is 4.79 Å². The molecule has 2 N–H and O–H groups in total. The molecule has 0 spiro atoms. The first-order valence-electron chi connectivity index (χ1n) is 4.07. The Morgan fingerprint density at radius 1 is 1.67 bits per heavy atom. The zero-order valence-electron chi connectivity index (χ0n) is 7.06. The molecule has 4 nitrogen and oxygen atoms in total. The molecule has 0 radical (unpaired) electrons. The summed E-state index contributed by atoms with van der Waals surface area (Å²) in [7, 11) is 0. The van der Waals surface area contributed by atoms with Crippen LogP contribution in [-0.2, 0) is 9.53 Å². The Hall–Kier alpha value is -0.450. The van der Waals surface area contributed by atoms with E-state index in [0.717, 1.165) is 0 Å². The van der Waals surface area contributed by atoms with Crippen LogP contribution in [0.2, 0.25) is 0 Å². The fraction of sp³-hybridized carbons (Fsp3) is 0.875. The maximum atomic E-state index is 10.7. The molecular formula is C8H14O4. The van der Waals surface area contributed by atoms with Gasteiger partial charge in [0.1, 0.15) is 11.9 Å². The predicted octanol–water partition coefficient (Wildman–Crippen LogP) is -0.524. The maximum absolute atomic E-state index is 10.7. The van der Waals surface area contributed by atoms with E-state index in [1.54, 1.807) is 0 Å². The highest BCUT2D eigenvalue weighted by molar-refractivity contribution is 5.76. The minimum Gasteiger partial charge on any atom is -0.394 e. The summed E-state index contributed by atoms with van der Waals surface area (Å²) in [5.41, 5.74) is 0. The van der Waals surface area contributed by atoms with Gasteiger partial charge in [0.15, 0.2) is 0 Å². The first-order chi connectivity index (χ1) is 5.63. The molecular weight excluding hydrogens is 160 g/mol. The summed E-state index contributed by atoms with van der Waals surface area (Å²) in [6, 6.07) is 0. The molecule has 1 saturated heterocycles. The number of ketones is 1. The number of carbonyl (C=O) groups is 1. The molecule has 0 aliphatic carbocycles. The molecule has 0 aromatic heterocycles. The molecule has 1 aliphatic rings. The molecule has 1 unspecified atom stereocenters. The molecule has 12 heavy (non-hydrogen) atoms. The first kappa shape index (κ1) is 9.64. The van der Waals surface area contributed by atoms with Gasteiger partial charge in [-0.05, 0) is 6.92 Å². The van der Waals surface area contributed by atoms with Crippen molar-refractivity contribution in [3.05, 3.63) is 0 Å². The third kappa shape index (κ3) is 2.27. The van der Waals surface area contributed by atoms with Crippen molar-refractivity contribution in [3.63, 3.8) is 0 Å². The molecule has 0 aromatic carbocycles. The average molecular weight is 174 g/mol.